The summed E-state index contributed by atoms with van der Waals surface area (Å²) >= 11 is 0. The Balaban J connectivity index is 1.57. The molecule has 1 saturated heterocycles. The molecule has 4 aromatic rings. The molecular weight excluding hydrogens is 484 g/mol. The number of anilines is 1. The number of nitrogens with zero attached hydrogens (tertiary/aromatic N) is 5. The van der Waals surface area contributed by atoms with E-state index in [1.54, 1.807) is 54.1 Å². The van der Waals surface area contributed by atoms with Gasteiger partial charge in [-0.25, -0.2) is 8.78 Å². The molecular formula is C30H29F2N5O. The van der Waals surface area contributed by atoms with Crippen molar-refractivity contribution in [2.75, 3.05) is 24.5 Å². The normalized spacial score (nSPS) is 16.4. The lowest BCUT2D eigenvalue weighted by molar-refractivity contribution is 0.105. The van der Waals surface area contributed by atoms with Crippen LogP contribution in [0.4, 0.5) is 20.3 Å². The highest BCUT2D eigenvalue weighted by Crippen LogP contribution is 2.36. The second kappa shape index (κ2) is 10.3. The van der Waals surface area contributed by atoms with Crippen molar-refractivity contribution >= 4 is 22.5 Å². The Bertz CT molecular complexity index is 1510. The maximum atomic E-state index is 13.8. The maximum absolute atomic E-state index is 13.8. The average Bonchev–Trinajstić information content (AvgIpc) is 2.92. The molecule has 1 aliphatic heterocycles. The summed E-state index contributed by atoms with van der Waals surface area (Å²) in [6.45, 7) is 13.6. The lowest BCUT2D eigenvalue weighted by atomic mass is 9.90. The van der Waals surface area contributed by atoms with Crippen molar-refractivity contribution in [1.82, 2.24) is 14.5 Å². The molecule has 0 saturated carbocycles. The summed E-state index contributed by atoms with van der Waals surface area (Å²) < 4.78 is 29.2. The van der Waals surface area contributed by atoms with Crippen molar-refractivity contribution in [1.29, 1.82) is 0 Å². The van der Waals surface area contributed by atoms with Crippen LogP contribution in [0.1, 0.15) is 31.0 Å². The van der Waals surface area contributed by atoms with Crippen LogP contribution in [-0.4, -0.2) is 40.1 Å². The average molecular weight is 514 g/mol. The van der Waals surface area contributed by atoms with Crippen LogP contribution >= 0.6 is 0 Å². The molecule has 0 radical (unpaired) electrons. The second-order valence-electron chi connectivity index (χ2n) is 10.1. The maximum Gasteiger partial charge on any atom is 0.270 e. The number of aryl methyl sites for hydroxylation is 1. The van der Waals surface area contributed by atoms with Gasteiger partial charge in [0.05, 0.1) is 17.2 Å². The zero-order valence-corrected chi connectivity index (χ0v) is 21.6. The predicted molar refractivity (Wildman–Crippen MR) is 145 cm³/mol. The van der Waals surface area contributed by atoms with Crippen molar-refractivity contribution in [3.63, 3.8) is 0 Å². The molecule has 5 rings (SSSR count). The molecule has 2 aromatic heterocycles. The number of hydrogen-bond donors (Lipinski definition) is 0. The van der Waals surface area contributed by atoms with Crippen LogP contribution < -0.4 is 10.5 Å². The van der Waals surface area contributed by atoms with Crippen LogP contribution in [0.15, 0.2) is 71.5 Å². The van der Waals surface area contributed by atoms with Crippen LogP contribution in [0.2, 0.25) is 0 Å². The molecule has 0 bridgehead atoms. The molecule has 8 heteroatoms. The minimum absolute atomic E-state index is 0.0620. The number of fused-ring (bicyclic) bond motifs is 1. The summed E-state index contributed by atoms with van der Waals surface area (Å²) in [5.74, 6) is -0.0868. The van der Waals surface area contributed by atoms with Crippen LogP contribution in [0.3, 0.4) is 0 Å². The smallest absolute Gasteiger partial charge is 0.270 e. The molecule has 0 aliphatic carbocycles. The first-order valence-corrected chi connectivity index (χ1v) is 12.7. The van der Waals surface area contributed by atoms with E-state index in [4.69, 9.17) is 6.57 Å². The Morgan fingerprint density at radius 3 is 2.11 bits per heavy atom. The van der Waals surface area contributed by atoms with Gasteiger partial charge in [0, 0.05) is 38.8 Å². The second-order valence-corrected chi connectivity index (χ2v) is 10.1. The fourth-order valence-electron chi connectivity index (χ4n) is 5.43. The van der Waals surface area contributed by atoms with E-state index in [2.05, 4.69) is 33.5 Å². The molecule has 0 unspecified atom stereocenters. The lowest BCUT2D eigenvalue weighted by Gasteiger charge is -2.48. The summed E-state index contributed by atoms with van der Waals surface area (Å²) in [7, 11) is 1.71. The highest BCUT2D eigenvalue weighted by Gasteiger charge is 2.36. The first-order valence-electron chi connectivity index (χ1n) is 12.7. The third-order valence-electron chi connectivity index (χ3n) is 7.44. The minimum Gasteiger partial charge on any atom is -0.365 e. The Labute approximate surface area is 220 Å². The lowest BCUT2D eigenvalue weighted by Crippen LogP contribution is -2.56. The highest BCUT2D eigenvalue weighted by atomic mass is 19.1. The first kappa shape index (κ1) is 25.6. The van der Waals surface area contributed by atoms with Gasteiger partial charge >= 0.3 is 0 Å². The quantitative estimate of drug-likeness (QED) is 0.321. The predicted octanol–water partition coefficient (Wildman–Crippen LogP) is 5.70. The van der Waals surface area contributed by atoms with Gasteiger partial charge in [0.2, 0.25) is 5.52 Å². The third kappa shape index (κ3) is 4.77. The molecule has 1 atom stereocenters. The molecule has 38 heavy (non-hydrogen) atoms. The number of rotatable bonds is 5. The van der Waals surface area contributed by atoms with E-state index in [0.717, 1.165) is 16.8 Å². The van der Waals surface area contributed by atoms with E-state index in [0.29, 0.717) is 30.7 Å². The van der Waals surface area contributed by atoms with Crippen LogP contribution in [0.5, 0.6) is 0 Å². The molecule has 1 aliphatic rings. The summed E-state index contributed by atoms with van der Waals surface area (Å²) in [6, 6.07) is 17.9. The van der Waals surface area contributed by atoms with Crippen LogP contribution in [0, 0.1) is 24.1 Å². The summed E-state index contributed by atoms with van der Waals surface area (Å²) in [5.41, 5.74) is 3.76. The van der Waals surface area contributed by atoms with E-state index in [9.17, 15) is 13.6 Å². The Morgan fingerprint density at radius 2 is 1.55 bits per heavy atom. The van der Waals surface area contributed by atoms with Gasteiger partial charge in [-0.1, -0.05) is 44.7 Å². The number of hydrogen-bond acceptors (Lipinski definition) is 4. The number of piperazine rings is 1. The van der Waals surface area contributed by atoms with Gasteiger partial charge in [-0.05, 0) is 53.4 Å². The molecule has 3 heterocycles. The Hall–Kier alpha value is -4.09. The highest BCUT2D eigenvalue weighted by molar-refractivity contribution is 5.89. The van der Waals surface area contributed by atoms with Crippen LogP contribution in [0.25, 0.3) is 15.9 Å². The van der Waals surface area contributed by atoms with Gasteiger partial charge in [-0.3, -0.25) is 9.69 Å². The molecule has 2 aromatic carbocycles. The van der Waals surface area contributed by atoms with E-state index in [1.165, 1.54) is 24.3 Å². The molecule has 0 N–H and O–H groups in total. The third-order valence-corrected chi connectivity index (χ3v) is 7.44. The number of aromatic nitrogens is 2. The number of pyridine rings is 2. The van der Waals surface area contributed by atoms with E-state index < -0.39 is 0 Å². The van der Waals surface area contributed by atoms with Crippen molar-refractivity contribution in [3.05, 3.63) is 111 Å². The topological polar surface area (TPSA) is 45.7 Å². The van der Waals surface area contributed by atoms with Crippen molar-refractivity contribution < 1.29 is 8.78 Å². The van der Waals surface area contributed by atoms with Crippen molar-refractivity contribution in [2.45, 2.75) is 25.9 Å². The van der Waals surface area contributed by atoms with Gasteiger partial charge in [0.1, 0.15) is 11.6 Å². The fourth-order valence-corrected chi connectivity index (χ4v) is 5.43. The SMILES string of the molecule is [C-]#[N+]c1ccc2c(n1)c(N1CCN(C(c3ccc(F)cc3)c3ccc(F)cc3)[C@H](C(C)C)C1)cc(=O)n2C. The zero-order chi connectivity index (χ0) is 27.0. The van der Waals surface area contributed by atoms with Gasteiger partial charge < -0.3 is 14.3 Å². The molecule has 0 amide bonds. The first-order chi connectivity index (χ1) is 18.3. The van der Waals surface area contributed by atoms with Gasteiger partial charge in [-0.2, -0.15) is 0 Å². The summed E-state index contributed by atoms with van der Waals surface area (Å²) in [5, 5.41) is 0. The molecule has 0 spiro atoms. The largest absolute Gasteiger partial charge is 0.365 e. The summed E-state index contributed by atoms with van der Waals surface area (Å²) in [6.07, 6.45) is 0. The minimum atomic E-state index is -0.305. The number of halogens is 2. The van der Waals surface area contributed by atoms with E-state index in [-0.39, 0.29) is 41.0 Å². The van der Waals surface area contributed by atoms with E-state index >= 15 is 0 Å². The van der Waals surface area contributed by atoms with Crippen molar-refractivity contribution in [2.24, 2.45) is 13.0 Å². The van der Waals surface area contributed by atoms with Crippen molar-refractivity contribution in [3.8, 4) is 0 Å². The van der Waals surface area contributed by atoms with Gasteiger partial charge in [0.25, 0.3) is 11.4 Å². The monoisotopic (exact) mass is 513 g/mol. The number of benzene rings is 2. The summed E-state index contributed by atoms with van der Waals surface area (Å²) in [4.78, 5) is 25.5. The standard InChI is InChI=1S/C30H29F2N5O/c1-19(2)26-18-36(25-17-28(38)35(4)24-13-14-27(33-3)34-29(24)25)15-16-37(26)30(20-5-9-22(31)10-6-20)21-7-11-23(32)12-8-21/h5-14,17,19,26,30H,15-16,18H2,1-2,4H3/t26-/m0/s1. The molecule has 6 nitrogen and oxygen atoms in total. The molecule has 194 valence electrons. The van der Waals surface area contributed by atoms with E-state index in [1.807, 2.05) is 0 Å². The Kier molecular flexibility index (Phi) is 6.96. The zero-order valence-electron chi connectivity index (χ0n) is 21.6. The fraction of sp³-hybridized carbons (Fsp3) is 0.300. The molecule has 1 fully saturated rings. The van der Waals surface area contributed by atoms with Crippen LogP contribution in [-0.2, 0) is 7.05 Å². The van der Waals surface area contributed by atoms with Gasteiger partial charge in [0.15, 0.2) is 0 Å². The van der Waals surface area contributed by atoms with Gasteiger partial charge in [-0.15, -0.1) is 4.98 Å². The Morgan fingerprint density at radius 1 is 0.947 bits per heavy atom.